The van der Waals surface area contributed by atoms with Crippen LogP contribution in [-0.2, 0) is 43.3 Å². The summed E-state index contributed by atoms with van der Waals surface area (Å²) in [6.45, 7) is 6.72. The number of nitrogens with one attached hydrogen (secondary N) is 3. The molecule has 0 saturated heterocycles. The largest absolute Gasteiger partial charge is 0.465 e. The lowest BCUT2D eigenvalue weighted by molar-refractivity contribution is -0.172. The minimum Gasteiger partial charge on any atom is -0.465 e. The number of carboxylic acid groups (broad SMARTS) is 1. The monoisotopic (exact) mass is 687 g/mol. The molecule has 3 fully saturated rings. The fourth-order valence-corrected chi connectivity index (χ4v) is 8.67. The molecule has 3 saturated carbocycles. The fourth-order valence-electron chi connectivity index (χ4n) is 8.67. The Morgan fingerprint density at radius 3 is 2.34 bits per heavy atom. The van der Waals surface area contributed by atoms with Crippen molar-refractivity contribution in [3.63, 3.8) is 0 Å². The van der Waals surface area contributed by atoms with Gasteiger partial charge in [0.15, 0.2) is 17.1 Å². The zero-order chi connectivity index (χ0) is 35.5. The number of hydrogen-bond donors (Lipinski definition) is 5. The highest BCUT2D eigenvalue weighted by molar-refractivity contribution is 5.94. The van der Waals surface area contributed by atoms with Crippen molar-refractivity contribution in [3.8, 4) is 22.9 Å². The third-order valence-electron chi connectivity index (χ3n) is 11.1. The molecule has 9 rings (SSSR count). The van der Waals surface area contributed by atoms with Gasteiger partial charge in [0.2, 0.25) is 18.6 Å². The van der Waals surface area contributed by atoms with Crippen molar-refractivity contribution in [1.29, 1.82) is 0 Å². The molecule has 5 heterocycles. The van der Waals surface area contributed by atoms with E-state index in [2.05, 4.69) is 16.0 Å². The van der Waals surface area contributed by atoms with Gasteiger partial charge in [-0.2, -0.15) is 0 Å². The highest BCUT2D eigenvalue weighted by atomic mass is 16.7. The highest BCUT2D eigenvalue weighted by Crippen LogP contribution is 2.70. The molecule has 6 aliphatic rings. The lowest BCUT2D eigenvalue weighted by atomic mass is 9.37. The van der Waals surface area contributed by atoms with Crippen molar-refractivity contribution < 1.29 is 43.6 Å². The average Bonchev–Trinajstić information content (AvgIpc) is 3.65. The first-order valence-corrected chi connectivity index (χ1v) is 16.7. The van der Waals surface area contributed by atoms with Gasteiger partial charge in [-0.3, -0.25) is 14.4 Å². The maximum atomic E-state index is 13.9. The smallest absolute Gasteiger partial charge is 0.405 e. The summed E-state index contributed by atoms with van der Waals surface area (Å²) in [5, 5.41) is 29.3. The third-order valence-corrected chi connectivity index (χ3v) is 11.1. The van der Waals surface area contributed by atoms with Gasteiger partial charge in [0, 0.05) is 33.5 Å². The van der Waals surface area contributed by atoms with Crippen LogP contribution in [0.15, 0.2) is 23.0 Å². The number of benzene rings is 1. The van der Waals surface area contributed by atoms with E-state index in [-0.39, 0.29) is 60.3 Å². The Morgan fingerprint density at radius 1 is 0.980 bits per heavy atom. The molecule has 0 radical (unpaired) electrons. The van der Waals surface area contributed by atoms with Crippen LogP contribution in [0.5, 0.6) is 11.5 Å². The van der Waals surface area contributed by atoms with Gasteiger partial charge in [-0.25, -0.2) is 14.6 Å². The Kier molecular flexibility index (Phi) is 6.83. The van der Waals surface area contributed by atoms with Gasteiger partial charge in [0.1, 0.15) is 18.7 Å². The van der Waals surface area contributed by atoms with E-state index in [4.69, 9.17) is 24.3 Å². The predicted molar refractivity (Wildman–Crippen MR) is 174 cm³/mol. The van der Waals surface area contributed by atoms with Gasteiger partial charge in [0.05, 0.1) is 29.0 Å². The molecule has 1 aromatic carbocycles. The van der Waals surface area contributed by atoms with Crippen LogP contribution < -0.4 is 31.0 Å². The standard InChI is InChI=1S/C35H37N5O10/c1-5-35(47)20-7-22-27-18(9-40(22)30(43)19(20)10-48-31(35)44)25(17-6-23-24(50-14-49-23)8-21(17)37-27)33-11-34(12-33,13-33)39-28(41)16(4)36-29(42)26(15(2)3)38-32(45)46/h6-8,15-16,26,38,47H,5,9-14H2,1-4H3,(H,36,42)(H,39,41)(H,45,46)/t16?,26?,33?,34?,35-/m0/s1. The number of aromatic nitrogens is 2. The van der Waals surface area contributed by atoms with Crippen molar-refractivity contribution in [2.45, 2.75) is 95.2 Å². The number of ether oxygens (including phenoxy) is 3. The molecule has 50 heavy (non-hydrogen) atoms. The third kappa shape index (κ3) is 4.44. The van der Waals surface area contributed by atoms with E-state index in [1.807, 2.05) is 12.1 Å². The summed E-state index contributed by atoms with van der Waals surface area (Å²) in [5.41, 5.74) is 0.916. The first-order valence-electron chi connectivity index (χ1n) is 16.7. The van der Waals surface area contributed by atoms with E-state index in [1.54, 1.807) is 38.3 Å². The quantitative estimate of drug-likeness (QED) is 0.169. The molecule has 3 amide bonds. The van der Waals surface area contributed by atoms with Gasteiger partial charge in [-0.15, -0.1) is 0 Å². The molecule has 2 unspecified atom stereocenters. The zero-order valence-corrected chi connectivity index (χ0v) is 28.0. The van der Waals surface area contributed by atoms with Crippen molar-refractivity contribution in [2.24, 2.45) is 5.92 Å². The Morgan fingerprint density at radius 2 is 1.68 bits per heavy atom. The molecule has 2 aromatic heterocycles. The van der Waals surface area contributed by atoms with Crippen LogP contribution >= 0.6 is 0 Å². The molecule has 3 aromatic rings. The maximum absolute atomic E-state index is 13.9. The van der Waals surface area contributed by atoms with E-state index >= 15 is 0 Å². The van der Waals surface area contributed by atoms with E-state index in [1.165, 1.54) is 0 Å². The first kappa shape index (κ1) is 32.0. The predicted octanol–water partition coefficient (Wildman–Crippen LogP) is 1.90. The Labute approximate surface area is 285 Å². The summed E-state index contributed by atoms with van der Waals surface area (Å²) >= 11 is 0. The number of carbonyl (C=O) groups is 4. The number of esters is 1. The molecular formula is C35H37N5O10. The Balaban J connectivity index is 1.12. The molecule has 0 spiro atoms. The number of hydrogen-bond acceptors (Lipinski definition) is 10. The molecule has 3 atom stereocenters. The topological polar surface area (TPSA) is 207 Å². The number of nitrogens with zero attached hydrogens (tertiary/aromatic N) is 2. The first-order chi connectivity index (χ1) is 23.7. The minimum atomic E-state index is -1.95. The van der Waals surface area contributed by atoms with Crippen LogP contribution in [0, 0.1) is 5.92 Å². The van der Waals surface area contributed by atoms with Gasteiger partial charge in [-0.05, 0) is 56.2 Å². The van der Waals surface area contributed by atoms with Crippen LogP contribution in [0.1, 0.15) is 75.6 Å². The second-order valence-corrected chi connectivity index (χ2v) is 14.6. The number of aliphatic hydroxyl groups is 1. The van der Waals surface area contributed by atoms with Crippen LogP contribution in [0.25, 0.3) is 22.3 Å². The van der Waals surface area contributed by atoms with Gasteiger partial charge >= 0.3 is 12.1 Å². The second kappa shape index (κ2) is 10.7. The summed E-state index contributed by atoms with van der Waals surface area (Å²) in [7, 11) is 0. The van der Waals surface area contributed by atoms with E-state index in [9.17, 15) is 29.1 Å². The summed E-state index contributed by atoms with van der Waals surface area (Å²) in [6, 6.07) is 3.51. The summed E-state index contributed by atoms with van der Waals surface area (Å²) < 4.78 is 18.2. The molecule has 262 valence electrons. The zero-order valence-electron chi connectivity index (χ0n) is 28.0. The molecule has 3 aliphatic carbocycles. The molecule has 15 heteroatoms. The highest BCUT2D eigenvalue weighted by Gasteiger charge is 2.70. The van der Waals surface area contributed by atoms with Crippen molar-refractivity contribution in [2.75, 3.05) is 6.79 Å². The molecule has 15 nitrogen and oxygen atoms in total. The van der Waals surface area contributed by atoms with E-state index in [0.717, 1.165) is 16.5 Å². The van der Waals surface area contributed by atoms with Crippen molar-refractivity contribution >= 4 is 34.8 Å². The maximum Gasteiger partial charge on any atom is 0.405 e. The van der Waals surface area contributed by atoms with E-state index < -0.39 is 41.2 Å². The van der Waals surface area contributed by atoms with Crippen molar-refractivity contribution in [3.05, 3.63) is 50.8 Å². The van der Waals surface area contributed by atoms with Gasteiger partial charge in [-0.1, -0.05) is 20.8 Å². The number of fused-ring (bicyclic) bond motifs is 6. The molecule has 2 bridgehead atoms. The van der Waals surface area contributed by atoms with Gasteiger partial charge < -0.3 is 44.9 Å². The van der Waals surface area contributed by atoms with Crippen molar-refractivity contribution in [1.82, 2.24) is 25.5 Å². The Bertz CT molecular complexity index is 2100. The molecule has 5 N–H and O–H groups in total. The van der Waals surface area contributed by atoms with Crippen LogP contribution in [0.4, 0.5) is 4.79 Å². The SMILES string of the molecule is CC[C@@]1(O)C(=O)OCc2c1cc1n(c2=O)Cc2c-1nc1cc3c(cc1c2C12CC(NC(=O)C(C)NC(=O)C(NC(=O)O)C(C)C)(C1)C2)OCO3. The Hall–Kier alpha value is -5.18. The fraction of sp³-hybridized carbons (Fsp3) is 0.486. The number of cyclic esters (lactones) is 1. The van der Waals surface area contributed by atoms with E-state index in [0.29, 0.717) is 47.7 Å². The number of amides is 3. The summed E-state index contributed by atoms with van der Waals surface area (Å²) in [4.78, 5) is 68.9. The number of pyridine rings is 2. The van der Waals surface area contributed by atoms with Gasteiger partial charge in [0.25, 0.3) is 5.56 Å². The average molecular weight is 688 g/mol. The number of carbonyl (C=O) groups excluding carboxylic acids is 3. The minimum absolute atomic E-state index is 0.0329. The second-order valence-electron chi connectivity index (χ2n) is 14.6. The summed E-state index contributed by atoms with van der Waals surface area (Å²) in [6.07, 6.45) is 0.545. The lowest BCUT2D eigenvalue weighted by Crippen LogP contribution is -2.77. The van der Waals surface area contributed by atoms with Crippen LogP contribution in [-0.4, -0.2) is 68.1 Å². The molecule has 3 aliphatic heterocycles. The lowest BCUT2D eigenvalue weighted by Gasteiger charge is -2.71. The number of rotatable bonds is 8. The molecular weight excluding hydrogens is 650 g/mol. The van der Waals surface area contributed by atoms with Crippen LogP contribution in [0.2, 0.25) is 0 Å². The normalized spacial score (nSPS) is 26.1. The summed E-state index contributed by atoms with van der Waals surface area (Å²) in [5.74, 6) is -0.931. The van der Waals surface area contributed by atoms with Crippen LogP contribution in [0.3, 0.4) is 0 Å².